The van der Waals surface area contributed by atoms with Crippen LogP contribution in [0.15, 0.2) is 30.3 Å². The van der Waals surface area contributed by atoms with Gasteiger partial charge >= 0.3 is 0 Å². The van der Waals surface area contributed by atoms with Crippen molar-refractivity contribution in [3.63, 3.8) is 0 Å². The Bertz CT molecular complexity index is 474. The summed E-state index contributed by atoms with van der Waals surface area (Å²) in [5.41, 5.74) is 0.656. The molecule has 0 aliphatic heterocycles. The molecule has 0 aromatic heterocycles. The molecule has 0 aliphatic carbocycles. The summed E-state index contributed by atoms with van der Waals surface area (Å²) in [7, 11) is -3.39. The third kappa shape index (κ3) is 4.68. The highest BCUT2D eigenvalue weighted by Crippen LogP contribution is 2.11. The van der Waals surface area contributed by atoms with Crippen LogP contribution in [0.1, 0.15) is 6.92 Å². The first-order valence-corrected chi connectivity index (χ1v) is 7.34. The first-order chi connectivity index (χ1) is 7.94. The second-order valence-electron chi connectivity index (χ2n) is 3.37. The Morgan fingerprint density at radius 1 is 1.35 bits per heavy atom. The highest BCUT2D eigenvalue weighted by Gasteiger charge is 2.15. The number of rotatable bonds is 4. The summed E-state index contributed by atoms with van der Waals surface area (Å²) in [4.78, 5) is 2.36. The lowest BCUT2D eigenvalue weighted by Crippen LogP contribution is -2.50. The molecule has 0 saturated carbocycles. The normalized spacial score (nSPS) is 10.9. The van der Waals surface area contributed by atoms with E-state index in [4.69, 9.17) is 12.2 Å². The van der Waals surface area contributed by atoms with Crippen LogP contribution < -0.4 is 15.2 Å². The quantitative estimate of drug-likeness (QED) is 0.629. The van der Waals surface area contributed by atoms with Crippen molar-refractivity contribution in [3.05, 3.63) is 30.3 Å². The van der Waals surface area contributed by atoms with Gasteiger partial charge < -0.3 is 5.32 Å². The minimum atomic E-state index is -3.39. The summed E-state index contributed by atoms with van der Waals surface area (Å²) in [5.74, 6) is 0. The number of hydrogen-bond donors (Lipinski definition) is 2. The molecule has 0 radical (unpaired) electrons. The van der Waals surface area contributed by atoms with E-state index in [2.05, 4.69) is 10.1 Å². The van der Waals surface area contributed by atoms with Crippen molar-refractivity contribution in [2.24, 2.45) is 0 Å². The van der Waals surface area contributed by atoms with Gasteiger partial charge in [0.1, 0.15) is 0 Å². The van der Waals surface area contributed by atoms with E-state index in [1.165, 1.54) is 5.01 Å². The van der Waals surface area contributed by atoms with E-state index in [-0.39, 0.29) is 0 Å². The highest BCUT2D eigenvalue weighted by molar-refractivity contribution is 7.89. The van der Waals surface area contributed by atoms with E-state index in [1.54, 1.807) is 24.3 Å². The molecule has 2 N–H and O–H groups in total. The van der Waals surface area contributed by atoms with Crippen LogP contribution in [-0.2, 0) is 10.0 Å². The van der Waals surface area contributed by atoms with Gasteiger partial charge in [0, 0.05) is 6.54 Å². The molecule has 0 amide bonds. The maximum atomic E-state index is 11.3. The Balaban J connectivity index is 2.99. The zero-order chi connectivity index (χ0) is 12.9. The van der Waals surface area contributed by atoms with Crippen molar-refractivity contribution in [1.82, 2.24) is 10.1 Å². The Labute approximate surface area is 107 Å². The van der Waals surface area contributed by atoms with Gasteiger partial charge in [-0.15, -0.1) is 4.83 Å². The largest absolute Gasteiger partial charge is 0.361 e. The number of thiocarbonyl (C=S) groups is 1. The lowest BCUT2D eigenvalue weighted by Gasteiger charge is -2.24. The van der Waals surface area contributed by atoms with Gasteiger partial charge in [0.15, 0.2) is 5.11 Å². The van der Waals surface area contributed by atoms with Gasteiger partial charge in [-0.1, -0.05) is 18.2 Å². The topological polar surface area (TPSA) is 61.4 Å². The van der Waals surface area contributed by atoms with Crippen molar-refractivity contribution in [2.75, 3.05) is 17.8 Å². The number of nitrogens with one attached hydrogen (secondary N) is 2. The van der Waals surface area contributed by atoms with Gasteiger partial charge in [-0.25, -0.2) is 13.4 Å². The number of sulfonamides is 1. The smallest absolute Gasteiger partial charge is 0.225 e. The Hall–Kier alpha value is -1.18. The van der Waals surface area contributed by atoms with Crippen LogP contribution in [0.2, 0.25) is 0 Å². The molecular weight excluding hydrogens is 258 g/mol. The van der Waals surface area contributed by atoms with Crippen molar-refractivity contribution >= 4 is 33.0 Å². The number of anilines is 1. The molecule has 0 fully saturated rings. The van der Waals surface area contributed by atoms with Crippen molar-refractivity contribution in [1.29, 1.82) is 0 Å². The minimum Gasteiger partial charge on any atom is -0.361 e. The fourth-order valence-corrected chi connectivity index (χ4v) is 2.07. The maximum absolute atomic E-state index is 11.3. The molecule has 0 heterocycles. The average molecular weight is 273 g/mol. The number of nitrogens with zero attached hydrogens (tertiary/aromatic N) is 1. The molecule has 0 atom stereocenters. The van der Waals surface area contributed by atoms with Gasteiger partial charge in [0.2, 0.25) is 10.0 Å². The molecule has 0 saturated heterocycles. The maximum Gasteiger partial charge on any atom is 0.225 e. The molecule has 1 aromatic rings. The van der Waals surface area contributed by atoms with Gasteiger partial charge in [0.05, 0.1) is 11.9 Å². The molecule has 5 nitrogen and oxygen atoms in total. The van der Waals surface area contributed by atoms with Crippen LogP contribution in [0.25, 0.3) is 0 Å². The van der Waals surface area contributed by atoms with E-state index in [1.807, 2.05) is 13.0 Å². The van der Waals surface area contributed by atoms with Gasteiger partial charge in [-0.3, -0.25) is 0 Å². The third-order valence-electron chi connectivity index (χ3n) is 1.80. The Morgan fingerprint density at radius 2 is 1.94 bits per heavy atom. The second kappa shape index (κ2) is 5.95. The number of hydrogen-bond acceptors (Lipinski definition) is 3. The van der Waals surface area contributed by atoms with Crippen LogP contribution >= 0.6 is 12.2 Å². The molecule has 0 aliphatic rings. The van der Waals surface area contributed by atoms with Crippen molar-refractivity contribution in [3.8, 4) is 0 Å². The monoisotopic (exact) mass is 273 g/mol. The summed E-state index contributed by atoms with van der Waals surface area (Å²) in [6, 6.07) is 8.99. The van der Waals surface area contributed by atoms with Crippen molar-refractivity contribution in [2.45, 2.75) is 6.92 Å². The number of para-hydroxylation sites is 1. The number of hydrazine groups is 1. The minimum absolute atomic E-state index is 0.309. The molecule has 0 bridgehead atoms. The molecule has 94 valence electrons. The van der Waals surface area contributed by atoms with Crippen LogP contribution in [0.3, 0.4) is 0 Å². The zero-order valence-corrected chi connectivity index (χ0v) is 11.3. The fraction of sp³-hybridized carbons (Fsp3) is 0.300. The van der Waals surface area contributed by atoms with Gasteiger partial charge in [-0.2, -0.15) is 0 Å². The second-order valence-corrected chi connectivity index (χ2v) is 5.48. The van der Waals surface area contributed by atoms with E-state index in [0.29, 0.717) is 17.3 Å². The summed E-state index contributed by atoms with van der Waals surface area (Å²) < 4.78 is 22.6. The predicted octanol–water partition coefficient (Wildman–Crippen LogP) is 0.852. The molecule has 17 heavy (non-hydrogen) atoms. The van der Waals surface area contributed by atoms with E-state index in [0.717, 1.165) is 6.26 Å². The average Bonchev–Trinajstić information content (AvgIpc) is 2.26. The summed E-state index contributed by atoms with van der Waals surface area (Å²) >= 11 is 5.11. The Morgan fingerprint density at radius 3 is 2.41 bits per heavy atom. The zero-order valence-electron chi connectivity index (χ0n) is 9.67. The first-order valence-electron chi connectivity index (χ1n) is 5.04. The SMILES string of the molecule is CCNC(=S)N(NS(C)(=O)=O)c1ccccc1. The third-order valence-corrected chi connectivity index (χ3v) is 2.64. The van der Waals surface area contributed by atoms with E-state index >= 15 is 0 Å². The molecule has 0 unspecified atom stereocenters. The lowest BCUT2D eigenvalue weighted by atomic mass is 10.3. The summed E-state index contributed by atoms with van der Waals surface area (Å²) in [6.07, 6.45) is 1.08. The molecule has 1 rings (SSSR count). The van der Waals surface area contributed by atoms with Crippen LogP contribution in [0.4, 0.5) is 5.69 Å². The van der Waals surface area contributed by atoms with E-state index < -0.39 is 10.0 Å². The van der Waals surface area contributed by atoms with Crippen LogP contribution in [0, 0.1) is 0 Å². The molecule has 1 aromatic carbocycles. The summed E-state index contributed by atoms with van der Waals surface area (Å²) in [6.45, 7) is 2.50. The molecular formula is C10H15N3O2S2. The van der Waals surface area contributed by atoms with Crippen LogP contribution in [0.5, 0.6) is 0 Å². The highest BCUT2D eigenvalue weighted by atomic mass is 32.2. The van der Waals surface area contributed by atoms with Gasteiger partial charge in [-0.05, 0) is 31.3 Å². The summed E-state index contributed by atoms with van der Waals surface area (Å²) in [5, 5.41) is 4.53. The first kappa shape index (κ1) is 13.9. The predicted molar refractivity (Wildman–Crippen MR) is 73.2 cm³/mol. The Kier molecular flexibility index (Phi) is 4.86. The molecule has 0 spiro atoms. The van der Waals surface area contributed by atoms with Crippen LogP contribution in [-0.4, -0.2) is 26.3 Å². The molecule has 7 heteroatoms. The van der Waals surface area contributed by atoms with Gasteiger partial charge in [0.25, 0.3) is 0 Å². The van der Waals surface area contributed by atoms with E-state index in [9.17, 15) is 8.42 Å². The van der Waals surface area contributed by atoms with Crippen molar-refractivity contribution < 1.29 is 8.42 Å². The standard InChI is InChI=1S/C10H15N3O2S2/c1-3-11-10(16)13(12-17(2,14)15)9-7-5-4-6-8-9/h4-8,12H,3H2,1-2H3,(H,11,16). The fourth-order valence-electron chi connectivity index (χ4n) is 1.18. The lowest BCUT2D eigenvalue weighted by molar-refractivity contribution is 0.589. The number of benzene rings is 1.